The van der Waals surface area contributed by atoms with Crippen molar-refractivity contribution in [1.29, 1.82) is 0 Å². The highest BCUT2D eigenvalue weighted by molar-refractivity contribution is 7.90. The van der Waals surface area contributed by atoms with Gasteiger partial charge in [0.2, 0.25) is 0 Å². The average Bonchev–Trinajstić information content (AvgIpc) is 3.21. The van der Waals surface area contributed by atoms with Gasteiger partial charge in [0, 0.05) is 38.8 Å². The zero-order valence-electron chi connectivity index (χ0n) is 17.5. The molecule has 3 rings (SSSR count). The lowest BCUT2D eigenvalue weighted by Gasteiger charge is -2.15. The molecule has 2 aromatic carbocycles. The second kappa shape index (κ2) is 9.58. The minimum absolute atomic E-state index is 0.363. The normalized spacial score (nSPS) is 12.0. The average molecular weight is 426 g/mol. The smallest absolute Gasteiger partial charge is 0.191 e. The number of sulfone groups is 1. The van der Waals surface area contributed by atoms with Crippen LogP contribution in [0.2, 0.25) is 0 Å². The van der Waals surface area contributed by atoms with Gasteiger partial charge < -0.3 is 10.6 Å². The van der Waals surface area contributed by atoms with Crippen LogP contribution in [0.15, 0.2) is 70.8 Å². The van der Waals surface area contributed by atoms with Crippen LogP contribution in [0, 0.1) is 6.92 Å². The Labute approximate surface area is 177 Å². The van der Waals surface area contributed by atoms with Gasteiger partial charge in [-0.15, -0.1) is 0 Å². The predicted molar refractivity (Wildman–Crippen MR) is 119 cm³/mol. The summed E-state index contributed by atoms with van der Waals surface area (Å²) in [4.78, 5) is 4.65. The van der Waals surface area contributed by atoms with E-state index in [1.807, 2.05) is 48.1 Å². The van der Waals surface area contributed by atoms with Crippen LogP contribution in [-0.4, -0.2) is 37.5 Å². The molecule has 0 aliphatic carbocycles. The summed E-state index contributed by atoms with van der Waals surface area (Å²) in [6, 6.07) is 15.5. The van der Waals surface area contributed by atoms with E-state index >= 15 is 0 Å². The highest BCUT2D eigenvalue weighted by atomic mass is 32.2. The number of aliphatic imine (C=N–C) groups is 1. The van der Waals surface area contributed by atoms with Gasteiger partial charge in [0.25, 0.3) is 0 Å². The number of aryl methyl sites for hydroxylation is 1. The third-order valence-electron chi connectivity index (χ3n) is 4.78. The van der Waals surface area contributed by atoms with Gasteiger partial charge in [0.1, 0.15) is 0 Å². The highest BCUT2D eigenvalue weighted by Gasteiger charge is 2.11. The fraction of sp³-hybridized carbons (Fsp3) is 0.273. The van der Waals surface area contributed by atoms with Crippen molar-refractivity contribution in [2.75, 3.05) is 13.3 Å². The van der Waals surface area contributed by atoms with Gasteiger partial charge >= 0.3 is 0 Å². The first kappa shape index (κ1) is 21.6. The molecular formula is C22H27N5O2S. The molecule has 1 heterocycles. The Kier molecular flexibility index (Phi) is 6.89. The molecule has 0 saturated heterocycles. The minimum Gasteiger partial charge on any atom is -0.352 e. The quantitative estimate of drug-likeness (QED) is 0.449. The molecule has 0 radical (unpaired) electrons. The van der Waals surface area contributed by atoms with Gasteiger partial charge in [-0.1, -0.05) is 36.4 Å². The molecule has 2 N–H and O–H groups in total. The van der Waals surface area contributed by atoms with E-state index in [0.29, 0.717) is 30.5 Å². The van der Waals surface area contributed by atoms with E-state index in [-0.39, 0.29) is 0 Å². The lowest BCUT2D eigenvalue weighted by Crippen LogP contribution is -2.36. The molecule has 8 heteroatoms. The van der Waals surface area contributed by atoms with Crippen molar-refractivity contribution in [2.24, 2.45) is 4.99 Å². The molecule has 0 unspecified atom stereocenters. The van der Waals surface area contributed by atoms with Crippen molar-refractivity contribution in [1.82, 2.24) is 20.4 Å². The summed E-state index contributed by atoms with van der Waals surface area (Å²) in [5, 5.41) is 10.9. The van der Waals surface area contributed by atoms with Crippen LogP contribution in [0.5, 0.6) is 0 Å². The molecule has 0 aliphatic rings. The van der Waals surface area contributed by atoms with Crippen LogP contribution in [0.3, 0.4) is 0 Å². The van der Waals surface area contributed by atoms with Crippen LogP contribution < -0.4 is 10.6 Å². The van der Waals surface area contributed by atoms with Crippen molar-refractivity contribution < 1.29 is 8.42 Å². The maximum absolute atomic E-state index is 11.8. The van der Waals surface area contributed by atoms with Crippen LogP contribution >= 0.6 is 0 Å². The lowest BCUT2D eigenvalue weighted by atomic mass is 10.1. The van der Waals surface area contributed by atoms with Gasteiger partial charge in [-0.3, -0.25) is 9.67 Å². The molecule has 0 aliphatic heterocycles. The molecule has 1 aromatic heterocycles. The summed E-state index contributed by atoms with van der Waals surface area (Å²) in [7, 11) is -1.49. The lowest BCUT2D eigenvalue weighted by molar-refractivity contribution is 0.601. The third kappa shape index (κ3) is 5.70. The Bertz CT molecular complexity index is 1120. The zero-order chi connectivity index (χ0) is 21.6. The second-order valence-corrected chi connectivity index (χ2v) is 9.11. The Balaban J connectivity index is 1.60. The summed E-state index contributed by atoms with van der Waals surface area (Å²) in [6.07, 6.45) is 4.95. The van der Waals surface area contributed by atoms with E-state index < -0.39 is 9.84 Å². The van der Waals surface area contributed by atoms with Crippen LogP contribution in [0.25, 0.3) is 0 Å². The van der Waals surface area contributed by atoms with Crippen molar-refractivity contribution in [2.45, 2.75) is 31.5 Å². The topological polar surface area (TPSA) is 88.4 Å². The summed E-state index contributed by atoms with van der Waals surface area (Å²) >= 11 is 0. The monoisotopic (exact) mass is 425 g/mol. The first-order valence-electron chi connectivity index (χ1n) is 9.65. The van der Waals surface area contributed by atoms with Gasteiger partial charge in [-0.05, 0) is 41.3 Å². The fourth-order valence-corrected chi connectivity index (χ4v) is 4.23. The summed E-state index contributed by atoms with van der Waals surface area (Å²) in [6.45, 7) is 3.69. The Morgan fingerprint density at radius 1 is 1.07 bits per heavy atom. The largest absolute Gasteiger partial charge is 0.352 e. The number of guanidine groups is 1. The van der Waals surface area contributed by atoms with Gasteiger partial charge in [-0.25, -0.2) is 8.42 Å². The molecule has 0 fully saturated rings. The van der Waals surface area contributed by atoms with Crippen molar-refractivity contribution >= 4 is 15.8 Å². The van der Waals surface area contributed by atoms with E-state index in [1.165, 1.54) is 17.4 Å². The van der Waals surface area contributed by atoms with Crippen molar-refractivity contribution in [3.63, 3.8) is 0 Å². The number of hydrogen-bond donors (Lipinski definition) is 2. The fourth-order valence-electron chi connectivity index (χ4n) is 3.28. The third-order valence-corrected chi connectivity index (χ3v) is 6.04. The number of aromatic nitrogens is 2. The Hall–Kier alpha value is -3.13. The standard InChI is InChI=1S/C22H27N5O2S/c1-17-13-18(9-10-21(17)30(3,28)29)14-24-22(23-2)25-15-19-7-4-5-8-20(19)16-27-12-6-11-26-27/h4-13H,14-16H2,1-3H3,(H2,23,24,25). The van der Waals surface area contributed by atoms with E-state index in [0.717, 1.165) is 11.1 Å². The Morgan fingerprint density at radius 3 is 2.43 bits per heavy atom. The summed E-state index contributed by atoms with van der Waals surface area (Å²) < 4.78 is 25.4. The molecule has 0 bridgehead atoms. The van der Waals surface area contributed by atoms with E-state index in [9.17, 15) is 8.42 Å². The van der Waals surface area contributed by atoms with Crippen LogP contribution in [0.4, 0.5) is 0 Å². The first-order valence-corrected chi connectivity index (χ1v) is 11.5. The highest BCUT2D eigenvalue weighted by Crippen LogP contribution is 2.16. The molecule has 0 atom stereocenters. The number of hydrogen-bond acceptors (Lipinski definition) is 4. The van der Waals surface area contributed by atoms with E-state index in [4.69, 9.17) is 0 Å². The summed E-state index contributed by atoms with van der Waals surface area (Å²) in [5.41, 5.74) is 4.09. The number of nitrogens with zero attached hydrogens (tertiary/aromatic N) is 3. The molecule has 0 spiro atoms. The van der Waals surface area contributed by atoms with E-state index in [2.05, 4.69) is 32.9 Å². The number of rotatable bonds is 7. The molecule has 7 nitrogen and oxygen atoms in total. The molecule has 158 valence electrons. The van der Waals surface area contributed by atoms with E-state index in [1.54, 1.807) is 19.3 Å². The van der Waals surface area contributed by atoms with Gasteiger partial charge in [0.15, 0.2) is 15.8 Å². The zero-order valence-corrected chi connectivity index (χ0v) is 18.3. The maximum Gasteiger partial charge on any atom is 0.191 e. The summed E-state index contributed by atoms with van der Waals surface area (Å²) in [5.74, 6) is 0.675. The molecule has 0 saturated carbocycles. The van der Waals surface area contributed by atoms with Crippen molar-refractivity contribution in [3.05, 3.63) is 83.2 Å². The predicted octanol–water partition coefficient (Wildman–Crippen LogP) is 2.51. The minimum atomic E-state index is -3.21. The van der Waals surface area contributed by atoms with Crippen LogP contribution in [0.1, 0.15) is 22.3 Å². The Morgan fingerprint density at radius 2 is 1.80 bits per heavy atom. The second-order valence-electron chi connectivity index (χ2n) is 7.12. The molecule has 3 aromatic rings. The molecule has 30 heavy (non-hydrogen) atoms. The first-order chi connectivity index (χ1) is 14.4. The van der Waals surface area contributed by atoms with Gasteiger partial charge in [-0.2, -0.15) is 5.10 Å². The van der Waals surface area contributed by atoms with Crippen molar-refractivity contribution in [3.8, 4) is 0 Å². The maximum atomic E-state index is 11.8. The number of nitrogens with one attached hydrogen (secondary N) is 2. The SMILES string of the molecule is CN=C(NCc1ccc(S(C)(=O)=O)c(C)c1)NCc1ccccc1Cn1cccn1. The molecule has 0 amide bonds. The van der Waals surface area contributed by atoms with Gasteiger partial charge in [0.05, 0.1) is 11.4 Å². The number of benzene rings is 2. The molecular weight excluding hydrogens is 398 g/mol. The van der Waals surface area contributed by atoms with Crippen LogP contribution in [-0.2, 0) is 29.5 Å².